The van der Waals surface area contributed by atoms with Crippen molar-refractivity contribution in [2.75, 3.05) is 13.7 Å². The fraction of sp³-hybridized carbons (Fsp3) is 0.545. The van der Waals surface area contributed by atoms with Gasteiger partial charge in [-0.15, -0.1) is 0 Å². The zero-order chi connectivity index (χ0) is 14.4. The SMILES string of the molecule is COC(=O)c1cc(=O)nc2n1[C@@H]1O[C@@H](CO)[C@H](O)[C@H]1O2. The molecular weight excluding hydrogens is 272 g/mol. The first-order chi connectivity index (χ1) is 9.56. The summed E-state index contributed by atoms with van der Waals surface area (Å²) in [5, 5.41) is 19.0. The van der Waals surface area contributed by atoms with Crippen LogP contribution in [0.5, 0.6) is 6.01 Å². The van der Waals surface area contributed by atoms with E-state index in [0.29, 0.717) is 0 Å². The molecule has 0 saturated carbocycles. The topological polar surface area (TPSA) is 120 Å². The van der Waals surface area contributed by atoms with E-state index >= 15 is 0 Å². The van der Waals surface area contributed by atoms with Gasteiger partial charge in [0.05, 0.1) is 13.7 Å². The number of methoxy groups -OCH3 is 1. The lowest BCUT2D eigenvalue weighted by Gasteiger charge is -2.15. The van der Waals surface area contributed by atoms with Crippen LogP contribution in [0, 0.1) is 0 Å². The molecule has 9 heteroatoms. The number of ether oxygens (including phenoxy) is 3. The molecule has 0 bridgehead atoms. The summed E-state index contributed by atoms with van der Waals surface area (Å²) in [5.74, 6) is -0.750. The van der Waals surface area contributed by atoms with Crippen LogP contribution in [0.15, 0.2) is 10.9 Å². The van der Waals surface area contributed by atoms with Crippen LogP contribution in [0.3, 0.4) is 0 Å². The lowest BCUT2D eigenvalue weighted by atomic mass is 10.1. The van der Waals surface area contributed by atoms with Crippen LogP contribution >= 0.6 is 0 Å². The Kier molecular flexibility index (Phi) is 2.96. The molecule has 3 heterocycles. The monoisotopic (exact) mass is 284 g/mol. The Morgan fingerprint density at radius 2 is 2.35 bits per heavy atom. The van der Waals surface area contributed by atoms with Crippen molar-refractivity contribution in [3.63, 3.8) is 0 Å². The number of fused-ring (bicyclic) bond motifs is 3. The number of hydrogen-bond donors (Lipinski definition) is 2. The molecule has 20 heavy (non-hydrogen) atoms. The van der Waals surface area contributed by atoms with Crippen LogP contribution in [0.4, 0.5) is 0 Å². The van der Waals surface area contributed by atoms with Crippen molar-refractivity contribution in [2.24, 2.45) is 0 Å². The van der Waals surface area contributed by atoms with Gasteiger partial charge in [0.25, 0.3) is 5.56 Å². The summed E-state index contributed by atoms with van der Waals surface area (Å²) in [4.78, 5) is 26.8. The molecule has 1 aromatic rings. The number of rotatable bonds is 2. The molecule has 2 aliphatic heterocycles. The Morgan fingerprint density at radius 1 is 1.60 bits per heavy atom. The summed E-state index contributed by atoms with van der Waals surface area (Å²) in [7, 11) is 1.17. The van der Waals surface area contributed by atoms with E-state index in [2.05, 4.69) is 9.72 Å². The molecule has 0 amide bonds. The molecule has 1 aromatic heterocycles. The maximum absolute atomic E-state index is 11.7. The van der Waals surface area contributed by atoms with Crippen LogP contribution < -0.4 is 10.3 Å². The molecule has 0 radical (unpaired) electrons. The van der Waals surface area contributed by atoms with E-state index in [4.69, 9.17) is 14.6 Å². The number of carbonyl (C=O) groups is 1. The molecule has 0 aromatic carbocycles. The van der Waals surface area contributed by atoms with Crippen molar-refractivity contribution >= 4 is 5.97 Å². The zero-order valence-electron chi connectivity index (χ0n) is 10.4. The summed E-state index contributed by atoms with van der Waals surface area (Å²) in [6, 6.07) is 0.881. The number of aliphatic hydroxyl groups is 2. The van der Waals surface area contributed by atoms with E-state index in [1.807, 2.05) is 0 Å². The third-order valence-corrected chi connectivity index (χ3v) is 3.31. The molecule has 2 N–H and O–H groups in total. The van der Waals surface area contributed by atoms with Gasteiger partial charge in [-0.3, -0.25) is 9.36 Å². The van der Waals surface area contributed by atoms with Gasteiger partial charge >= 0.3 is 12.0 Å². The molecule has 9 nitrogen and oxygen atoms in total. The summed E-state index contributed by atoms with van der Waals surface area (Å²) < 4.78 is 16.6. The summed E-state index contributed by atoms with van der Waals surface area (Å²) >= 11 is 0. The third-order valence-electron chi connectivity index (χ3n) is 3.31. The maximum atomic E-state index is 11.7. The standard InChI is InChI=1S/C11H12N2O7/c1-18-10(17)4-2-6(15)12-11-13(4)9-8(20-11)7(16)5(3-14)19-9/h2,5,7-9,14,16H,3H2,1H3/t5-,7-,8+,9+/m0/s1. The van der Waals surface area contributed by atoms with Crippen molar-refractivity contribution in [1.82, 2.24) is 9.55 Å². The number of aromatic nitrogens is 2. The number of nitrogens with zero attached hydrogens (tertiary/aromatic N) is 2. The van der Waals surface area contributed by atoms with Gasteiger partial charge in [-0.25, -0.2) is 4.79 Å². The Hall–Kier alpha value is -1.97. The lowest BCUT2D eigenvalue weighted by molar-refractivity contribution is -0.0443. The highest BCUT2D eigenvalue weighted by Crippen LogP contribution is 2.39. The lowest BCUT2D eigenvalue weighted by Crippen LogP contribution is -2.34. The van der Waals surface area contributed by atoms with Crippen LogP contribution in [-0.4, -0.2) is 57.8 Å². The Balaban J connectivity index is 2.09. The van der Waals surface area contributed by atoms with E-state index in [1.54, 1.807) is 0 Å². The van der Waals surface area contributed by atoms with Crippen molar-refractivity contribution < 1.29 is 29.2 Å². The highest BCUT2D eigenvalue weighted by molar-refractivity contribution is 5.87. The quantitative estimate of drug-likeness (QED) is 0.601. The summed E-state index contributed by atoms with van der Waals surface area (Å²) in [5.41, 5.74) is -0.745. The maximum Gasteiger partial charge on any atom is 0.355 e. The minimum absolute atomic E-state index is 0.0826. The second-order valence-corrected chi connectivity index (χ2v) is 4.44. The molecular formula is C11H12N2O7. The zero-order valence-corrected chi connectivity index (χ0v) is 10.4. The van der Waals surface area contributed by atoms with Crippen molar-refractivity contribution in [2.45, 2.75) is 24.5 Å². The largest absolute Gasteiger partial charge is 0.464 e. The highest BCUT2D eigenvalue weighted by Gasteiger charge is 2.52. The first-order valence-electron chi connectivity index (χ1n) is 5.89. The second-order valence-electron chi connectivity index (χ2n) is 4.44. The third kappa shape index (κ3) is 1.71. The van der Waals surface area contributed by atoms with Gasteiger partial charge in [0.1, 0.15) is 17.9 Å². The van der Waals surface area contributed by atoms with Gasteiger partial charge in [-0.2, -0.15) is 4.98 Å². The molecule has 0 aliphatic carbocycles. The Bertz CT molecular complexity index is 613. The van der Waals surface area contributed by atoms with Crippen LogP contribution in [0.25, 0.3) is 0 Å². The number of carbonyl (C=O) groups excluding carboxylic acids is 1. The van der Waals surface area contributed by atoms with Crippen LogP contribution in [0.2, 0.25) is 0 Å². The molecule has 1 fully saturated rings. The first kappa shape index (κ1) is 13.0. The molecule has 2 aliphatic rings. The molecule has 0 spiro atoms. The van der Waals surface area contributed by atoms with Crippen molar-refractivity contribution in [1.29, 1.82) is 0 Å². The molecule has 3 rings (SSSR count). The van der Waals surface area contributed by atoms with Gasteiger partial charge in [0.2, 0.25) is 0 Å². The fourth-order valence-corrected chi connectivity index (χ4v) is 2.39. The highest BCUT2D eigenvalue weighted by atomic mass is 16.6. The van der Waals surface area contributed by atoms with Crippen LogP contribution in [-0.2, 0) is 9.47 Å². The number of hydrogen-bond acceptors (Lipinski definition) is 8. The van der Waals surface area contributed by atoms with E-state index < -0.39 is 42.7 Å². The van der Waals surface area contributed by atoms with Crippen LogP contribution in [0.1, 0.15) is 16.7 Å². The minimum Gasteiger partial charge on any atom is -0.464 e. The summed E-state index contributed by atoms with van der Waals surface area (Å²) in [6.07, 6.45) is -3.61. The van der Waals surface area contributed by atoms with E-state index in [1.165, 1.54) is 11.7 Å². The predicted molar refractivity (Wildman–Crippen MR) is 61.3 cm³/mol. The van der Waals surface area contributed by atoms with Gasteiger partial charge < -0.3 is 24.4 Å². The normalized spacial score (nSPS) is 30.6. The smallest absolute Gasteiger partial charge is 0.355 e. The average Bonchev–Trinajstić information content (AvgIpc) is 2.93. The fourth-order valence-electron chi connectivity index (χ4n) is 2.39. The van der Waals surface area contributed by atoms with Gasteiger partial charge in [0, 0.05) is 6.07 Å². The van der Waals surface area contributed by atoms with Crippen molar-refractivity contribution in [3.05, 3.63) is 22.1 Å². The molecule has 0 unspecified atom stereocenters. The second kappa shape index (κ2) is 4.54. The van der Waals surface area contributed by atoms with E-state index in [-0.39, 0.29) is 11.7 Å². The minimum atomic E-state index is -1.09. The van der Waals surface area contributed by atoms with E-state index in [0.717, 1.165) is 6.07 Å². The predicted octanol–water partition coefficient (Wildman–Crippen LogP) is -1.96. The van der Waals surface area contributed by atoms with Gasteiger partial charge in [0.15, 0.2) is 12.3 Å². The number of esters is 1. The average molecular weight is 284 g/mol. The molecule has 4 atom stereocenters. The first-order valence-corrected chi connectivity index (χ1v) is 5.89. The molecule has 1 saturated heterocycles. The van der Waals surface area contributed by atoms with Gasteiger partial charge in [-0.1, -0.05) is 0 Å². The summed E-state index contributed by atoms with van der Waals surface area (Å²) in [6.45, 7) is -0.395. The van der Waals surface area contributed by atoms with Gasteiger partial charge in [-0.05, 0) is 0 Å². The Labute approximate surface area is 112 Å². The number of aliphatic hydroxyl groups excluding tert-OH is 2. The Morgan fingerprint density at radius 3 is 3.00 bits per heavy atom. The molecule has 108 valence electrons. The van der Waals surface area contributed by atoms with Crippen molar-refractivity contribution in [3.8, 4) is 6.01 Å². The van der Waals surface area contributed by atoms with E-state index in [9.17, 15) is 14.7 Å².